The van der Waals surface area contributed by atoms with Crippen LogP contribution in [0, 0.1) is 0 Å². The van der Waals surface area contributed by atoms with E-state index < -0.39 is 0 Å². The summed E-state index contributed by atoms with van der Waals surface area (Å²) in [5, 5.41) is 4.06. The van der Waals surface area contributed by atoms with Crippen molar-refractivity contribution in [2.24, 2.45) is 0 Å². The summed E-state index contributed by atoms with van der Waals surface area (Å²) in [5.41, 5.74) is 2.58. The van der Waals surface area contributed by atoms with Crippen LogP contribution < -0.4 is 4.74 Å². The zero-order valence-corrected chi connectivity index (χ0v) is 11.7. The Bertz CT molecular complexity index is 634. The van der Waals surface area contributed by atoms with Gasteiger partial charge in [0, 0.05) is 12.0 Å². The van der Waals surface area contributed by atoms with Gasteiger partial charge in [-0.25, -0.2) is 0 Å². The number of rotatable bonds is 3. The van der Waals surface area contributed by atoms with Gasteiger partial charge in [0.2, 0.25) is 5.78 Å². The van der Waals surface area contributed by atoms with Crippen molar-refractivity contribution in [2.75, 3.05) is 6.61 Å². The Labute approximate surface area is 115 Å². The average Bonchev–Trinajstić information content (AvgIpc) is 3.05. The fourth-order valence-electron chi connectivity index (χ4n) is 2.19. The number of carbonyl (C=O) groups is 1. The first-order valence-corrected chi connectivity index (χ1v) is 7.07. The van der Waals surface area contributed by atoms with E-state index in [2.05, 4.69) is 9.59 Å². The predicted octanol–water partition coefficient (Wildman–Crippen LogP) is 2.83. The van der Waals surface area contributed by atoms with Gasteiger partial charge in [0.1, 0.15) is 10.6 Å². The van der Waals surface area contributed by atoms with Gasteiger partial charge in [-0.15, -0.1) is 5.10 Å². The molecule has 98 valence electrons. The fourth-order valence-corrected chi connectivity index (χ4v) is 2.97. The summed E-state index contributed by atoms with van der Waals surface area (Å²) in [6.07, 6.45) is 0.869. The molecule has 0 spiro atoms. The molecule has 1 aromatic carbocycles. The third kappa shape index (κ3) is 2.14. The molecule has 0 unspecified atom stereocenters. The molecule has 0 saturated carbocycles. The summed E-state index contributed by atoms with van der Waals surface area (Å²) >= 11 is 1.17. The number of benzene rings is 1. The molecule has 19 heavy (non-hydrogen) atoms. The van der Waals surface area contributed by atoms with E-state index in [0.717, 1.165) is 23.4 Å². The maximum Gasteiger partial charge on any atom is 0.206 e. The Morgan fingerprint density at radius 3 is 3.05 bits per heavy atom. The highest BCUT2D eigenvalue weighted by atomic mass is 32.1. The Morgan fingerprint density at radius 1 is 1.42 bits per heavy atom. The van der Waals surface area contributed by atoms with E-state index in [1.807, 2.05) is 32.0 Å². The van der Waals surface area contributed by atoms with Crippen LogP contribution in [0.5, 0.6) is 5.75 Å². The number of ether oxygens (including phenoxy) is 1. The molecule has 0 atom stereocenters. The van der Waals surface area contributed by atoms with Gasteiger partial charge >= 0.3 is 0 Å². The second kappa shape index (κ2) is 4.74. The summed E-state index contributed by atoms with van der Waals surface area (Å²) in [4.78, 5) is 13.2. The zero-order valence-electron chi connectivity index (χ0n) is 10.8. The number of ketones is 1. The van der Waals surface area contributed by atoms with Crippen molar-refractivity contribution in [3.05, 3.63) is 39.9 Å². The monoisotopic (exact) mass is 274 g/mol. The summed E-state index contributed by atoms with van der Waals surface area (Å²) in [6, 6.07) is 5.61. The maximum absolute atomic E-state index is 12.5. The van der Waals surface area contributed by atoms with Gasteiger partial charge in [0.25, 0.3) is 0 Å². The van der Waals surface area contributed by atoms with E-state index >= 15 is 0 Å². The molecule has 0 amide bonds. The molecule has 0 aliphatic carbocycles. The van der Waals surface area contributed by atoms with Crippen molar-refractivity contribution in [1.82, 2.24) is 9.59 Å². The van der Waals surface area contributed by atoms with Crippen molar-refractivity contribution >= 4 is 17.3 Å². The van der Waals surface area contributed by atoms with Gasteiger partial charge in [-0.1, -0.05) is 18.3 Å². The summed E-state index contributed by atoms with van der Waals surface area (Å²) in [5.74, 6) is 1.10. The first-order valence-electron chi connectivity index (χ1n) is 6.29. The van der Waals surface area contributed by atoms with Gasteiger partial charge in [-0.3, -0.25) is 4.79 Å². The molecular weight excluding hydrogens is 260 g/mol. The van der Waals surface area contributed by atoms with Crippen LogP contribution in [0.25, 0.3) is 0 Å². The predicted molar refractivity (Wildman–Crippen MR) is 73.1 cm³/mol. The lowest BCUT2D eigenvalue weighted by Crippen LogP contribution is -2.04. The lowest BCUT2D eigenvalue weighted by atomic mass is 10.0. The molecule has 4 nitrogen and oxygen atoms in total. The average molecular weight is 274 g/mol. The fraction of sp³-hybridized carbons (Fsp3) is 0.357. The van der Waals surface area contributed by atoms with Crippen LogP contribution in [0.1, 0.15) is 46.3 Å². The van der Waals surface area contributed by atoms with Gasteiger partial charge in [0.15, 0.2) is 0 Å². The minimum Gasteiger partial charge on any atom is -0.493 e. The highest BCUT2D eigenvalue weighted by molar-refractivity contribution is 7.08. The zero-order chi connectivity index (χ0) is 13.4. The smallest absolute Gasteiger partial charge is 0.206 e. The highest BCUT2D eigenvalue weighted by Crippen LogP contribution is 2.28. The second-order valence-corrected chi connectivity index (χ2v) is 5.65. The molecule has 5 heteroatoms. The Hall–Kier alpha value is -1.75. The van der Waals surface area contributed by atoms with Crippen LogP contribution in [0.15, 0.2) is 18.2 Å². The lowest BCUT2D eigenvalue weighted by molar-refractivity contribution is 0.104. The van der Waals surface area contributed by atoms with Crippen molar-refractivity contribution in [1.29, 1.82) is 0 Å². The van der Waals surface area contributed by atoms with E-state index in [4.69, 9.17) is 4.74 Å². The molecule has 2 heterocycles. The molecule has 0 radical (unpaired) electrons. The van der Waals surface area contributed by atoms with Crippen molar-refractivity contribution in [3.63, 3.8) is 0 Å². The number of carbonyl (C=O) groups excluding carboxylic acids is 1. The molecule has 0 saturated heterocycles. The third-order valence-corrected chi connectivity index (χ3v) is 3.96. The molecule has 2 aromatic rings. The molecular formula is C14H14N2O2S. The lowest BCUT2D eigenvalue weighted by Gasteiger charge is -2.05. The number of hydrogen-bond acceptors (Lipinski definition) is 5. The first-order chi connectivity index (χ1) is 9.16. The molecule has 0 fully saturated rings. The second-order valence-electron chi connectivity index (χ2n) is 4.89. The van der Waals surface area contributed by atoms with E-state index in [0.29, 0.717) is 17.0 Å². The van der Waals surface area contributed by atoms with E-state index in [1.54, 1.807) is 0 Å². The molecule has 1 aliphatic heterocycles. The molecule has 1 aromatic heterocycles. The van der Waals surface area contributed by atoms with Crippen LogP contribution in [-0.4, -0.2) is 22.0 Å². The van der Waals surface area contributed by atoms with Crippen molar-refractivity contribution in [3.8, 4) is 5.75 Å². The van der Waals surface area contributed by atoms with E-state index in [-0.39, 0.29) is 11.7 Å². The van der Waals surface area contributed by atoms with Crippen LogP contribution in [0.3, 0.4) is 0 Å². The van der Waals surface area contributed by atoms with Crippen molar-refractivity contribution < 1.29 is 9.53 Å². The summed E-state index contributed by atoms with van der Waals surface area (Å²) in [7, 11) is 0. The number of fused-ring (bicyclic) bond motifs is 1. The van der Waals surface area contributed by atoms with Crippen LogP contribution in [0.4, 0.5) is 0 Å². The quantitative estimate of drug-likeness (QED) is 0.808. The number of nitrogens with zero attached hydrogens (tertiary/aromatic N) is 2. The Balaban J connectivity index is 1.98. The SMILES string of the molecule is CC(C)c1nnsc1C(=O)c1ccc2c(c1)CCO2. The Kier molecular flexibility index (Phi) is 3.06. The first kappa shape index (κ1) is 12.3. The number of hydrogen-bond donors (Lipinski definition) is 0. The van der Waals surface area contributed by atoms with Gasteiger partial charge in [-0.2, -0.15) is 0 Å². The standard InChI is InChI=1S/C14H14N2O2S/c1-8(2)12-14(19-16-15-12)13(17)10-3-4-11-9(7-10)5-6-18-11/h3-4,7-8H,5-6H2,1-2H3. The summed E-state index contributed by atoms with van der Waals surface area (Å²) in [6.45, 7) is 4.74. The van der Waals surface area contributed by atoms with Gasteiger partial charge in [0.05, 0.1) is 12.3 Å². The van der Waals surface area contributed by atoms with E-state index in [1.165, 1.54) is 11.5 Å². The Morgan fingerprint density at radius 2 is 2.26 bits per heavy atom. The van der Waals surface area contributed by atoms with Crippen LogP contribution in [0.2, 0.25) is 0 Å². The molecule has 3 rings (SSSR count). The highest BCUT2D eigenvalue weighted by Gasteiger charge is 2.22. The minimum absolute atomic E-state index is 0.00778. The third-order valence-electron chi connectivity index (χ3n) is 3.22. The topological polar surface area (TPSA) is 52.1 Å². The minimum atomic E-state index is 0.00778. The normalized spacial score (nSPS) is 13.4. The molecule has 0 N–H and O–H groups in total. The van der Waals surface area contributed by atoms with E-state index in [9.17, 15) is 4.79 Å². The van der Waals surface area contributed by atoms with Crippen LogP contribution >= 0.6 is 11.5 Å². The van der Waals surface area contributed by atoms with Gasteiger partial charge < -0.3 is 4.74 Å². The molecule has 0 bridgehead atoms. The van der Waals surface area contributed by atoms with Crippen molar-refractivity contribution in [2.45, 2.75) is 26.2 Å². The summed E-state index contributed by atoms with van der Waals surface area (Å²) < 4.78 is 9.36. The molecule has 1 aliphatic rings. The van der Waals surface area contributed by atoms with Gasteiger partial charge in [-0.05, 0) is 41.2 Å². The largest absolute Gasteiger partial charge is 0.493 e. The maximum atomic E-state index is 12.5. The van der Waals surface area contributed by atoms with Crippen LogP contribution in [-0.2, 0) is 6.42 Å². The number of aromatic nitrogens is 2.